The molecule has 0 spiro atoms. The van der Waals surface area contributed by atoms with Gasteiger partial charge in [-0.25, -0.2) is 0 Å². The maximum atomic E-state index is 11.7. The number of hydrogen-bond donors (Lipinski definition) is 1. The van der Waals surface area contributed by atoms with Crippen molar-refractivity contribution >= 4 is 17.8 Å². The molecule has 6 heteroatoms. The summed E-state index contributed by atoms with van der Waals surface area (Å²) in [5.74, 6) is 0.813. The van der Waals surface area contributed by atoms with Gasteiger partial charge < -0.3 is 20.3 Å². The van der Waals surface area contributed by atoms with E-state index in [0.717, 1.165) is 6.54 Å². The average Bonchev–Trinajstić information content (AvgIpc) is 2.61. The molecule has 0 aliphatic carbocycles. The second-order valence-corrected chi connectivity index (χ2v) is 6.25. The monoisotopic (exact) mass is 300 g/mol. The van der Waals surface area contributed by atoms with Crippen molar-refractivity contribution in [1.29, 1.82) is 0 Å². The van der Waals surface area contributed by atoms with Crippen molar-refractivity contribution in [2.45, 2.75) is 18.9 Å². The number of carbonyl (C=O) groups is 1. The third kappa shape index (κ3) is 2.19. The Hall–Kier alpha value is -1.92. The van der Waals surface area contributed by atoms with E-state index >= 15 is 0 Å². The first kappa shape index (κ1) is 13.7. The Labute approximate surface area is 128 Å². The van der Waals surface area contributed by atoms with Gasteiger partial charge >= 0.3 is 0 Å². The van der Waals surface area contributed by atoms with Crippen LogP contribution >= 0.6 is 0 Å². The minimum absolute atomic E-state index is 0.124. The van der Waals surface area contributed by atoms with Crippen molar-refractivity contribution in [3.63, 3.8) is 0 Å². The lowest BCUT2D eigenvalue weighted by atomic mass is 9.76. The van der Waals surface area contributed by atoms with E-state index in [9.17, 15) is 10.0 Å². The minimum Gasteiger partial charge on any atom is -0.759 e. The molecule has 0 saturated carbocycles. The predicted molar refractivity (Wildman–Crippen MR) is 82.5 cm³/mol. The van der Waals surface area contributed by atoms with Gasteiger partial charge in [-0.1, -0.05) is 6.07 Å². The number of nitrogens with one attached hydrogen (secondary N) is 1. The second kappa shape index (κ2) is 5.37. The van der Waals surface area contributed by atoms with Crippen LogP contribution in [0.1, 0.15) is 23.2 Å². The van der Waals surface area contributed by atoms with Gasteiger partial charge in [-0.15, -0.1) is 0 Å². The topological polar surface area (TPSA) is 77.0 Å². The van der Waals surface area contributed by atoms with Crippen molar-refractivity contribution in [3.8, 4) is 5.75 Å². The number of hydroxylamine groups is 1. The molecule has 4 aliphatic heterocycles. The summed E-state index contributed by atoms with van der Waals surface area (Å²) >= 11 is 0. The number of benzene rings is 1. The molecule has 6 nitrogen and oxygen atoms in total. The Balaban J connectivity index is 1.62. The van der Waals surface area contributed by atoms with Gasteiger partial charge in [0, 0.05) is 18.7 Å². The predicted octanol–water partition coefficient (Wildman–Crippen LogP) is 1.72. The Morgan fingerprint density at radius 1 is 1.36 bits per heavy atom. The van der Waals surface area contributed by atoms with E-state index in [1.165, 1.54) is 31.4 Å². The van der Waals surface area contributed by atoms with Crippen LogP contribution in [0.3, 0.4) is 0 Å². The number of carbonyl (C=O) groups excluding carboxylic acids is 1. The van der Waals surface area contributed by atoms with E-state index in [-0.39, 0.29) is 11.7 Å². The van der Waals surface area contributed by atoms with Crippen molar-refractivity contribution < 1.29 is 9.53 Å². The van der Waals surface area contributed by atoms with Gasteiger partial charge in [0.1, 0.15) is 11.8 Å². The lowest BCUT2D eigenvalue weighted by Crippen LogP contribution is -2.53. The van der Waals surface area contributed by atoms with Gasteiger partial charge in [-0.05, 0) is 44.0 Å². The van der Waals surface area contributed by atoms with E-state index in [1.54, 1.807) is 18.2 Å². The number of ether oxygens (including phenoxy) is 1. The van der Waals surface area contributed by atoms with Crippen LogP contribution in [-0.4, -0.2) is 42.8 Å². The lowest BCUT2D eigenvalue weighted by molar-refractivity contribution is 0.00882. The smallest absolute Gasteiger partial charge is 0.244 e. The summed E-state index contributed by atoms with van der Waals surface area (Å²) in [6.45, 7) is 3.36. The van der Waals surface area contributed by atoms with Gasteiger partial charge in [0.15, 0.2) is 5.75 Å². The zero-order chi connectivity index (χ0) is 15.1. The van der Waals surface area contributed by atoms with E-state index in [1.807, 2.05) is 6.21 Å². The summed E-state index contributed by atoms with van der Waals surface area (Å²) in [6.07, 6.45) is 4.14. The molecule has 2 atom stereocenters. The Morgan fingerprint density at radius 3 is 2.86 bits per heavy atom. The van der Waals surface area contributed by atoms with Crippen LogP contribution in [0.4, 0.5) is 5.69 Å². The number of rotatable bonds is 2. The van der Waals surface area contributed by atoms with Gasteiger partial charge in [0.2, 0.25) is 5.91 Å². The zero-order valence-corrected chi connectivity index (χ0v) is 12.2. The summed E-state index contributed by atoms with van der Waals surface area (Å²) in [6, 6.07) is 5.10. The quantitative estimate of drug-likeness (QED) is 0.844. The van der Waals surface area contributed by atoms with Crippen molar-refractivity contribution in [3.05, 3.63) is 29.0 Å². The molecule has 0 aromatic heterocycles. The van der Waals surface area contributed by atoms with Crippen molar-refractivity contribution in [1.82, 2.24) is 10.4 Å². The van der Waals surface area contributed by atoms with Crippen molar-refractivity contribution in [2.75, 3.05) is 19.6 Å². The summed E-state index contributed by atoms with van der Waals surface area (Å²) < 4.78 is 6.10. The number of amides is 1. The van der Waals surface area contributed by atoms with Crippen LogP contribution in [0.15, 0.2) is 23.2 Å². The van der Waals surface area contributed by atoms with Crippen molar-refractivity contribution in [2.24, 2.45) is 16.8 Å². The van der Waals surface area contributed by atoms with Crippen LogP contribution in [-0.2, 0) is 0 Å². The number of nitrogens with zero attached hydrogens (tertiary/aromatic N) is 2. The van der Waals surface area contributed by atoms with Gasteiger partial charge in [-0.3, -0.25) is 9.79 Å². The second-order valence-electron chi connectivity index (χ2n) is 6.25. The molecule has 3 saturated heterocycles. The zero-order valence-electron chi connectivity index (χ0n) is 12.2. The SMILES string of the molecule is O=C(N[O-])c1cccc2c1OC(C1CN3CCC1CC3)C=N2. The Kier molecular flexibility index (Phi) is 3.35. The Bertz CT molecular complexity index is 623. The average molecular weight is 300 g/mol. The van der Waals surface area contributed by atoms with E-state index in [2.05, 4.69) is 9.89 Å². The number of hydrogen-bond acceptors (Lipinski definition) is 5. The molecule has 3 fully saturated rings. The maximum absolute atomic E-state index is 11.7. The molecule has 5 rings (SSSR count). The standard InChI is InChI=1S/C16H18N3O3/c20-16(18-21)11-2-1-3-13-15(11)22-14(8-17-13)12-9-19-6-4-10(12)5-7-19/h1-3,8,10,12,14H,4-7,9H2,(H-,18,20,21)/q-1. The number of aliphatic imine (C=N–C) groups is 1. The molecule has 1 aromatic rings. The van der Waals surface area contributed by atoms with Gasteiger partial charge in [0.05, 0.1) is 5.56 Å². The highest BCUT2D eigenvalue weighted by Gasteiger charge is 2.40. The summed E-state index contributed by atoms with van der Waals surface area (Å²) in [5, 5.41) is 10.7. The first-order valence-electron chi connectivity index (χ1n) is 7.75. The van der Waals surface area contributed by atoms with Crippen LogP contribution < -0.4 is 10.2 Å². The fourth-order valence-corrected chi connectivity index (χ4v) is 3.89. The summed E-state index contributed by atoms with van der Waals surface area (Å²) in [7, 11) is 0. The molecule has 116 valence electrons. The molecule has 2 unspecified atom stereocenters. The van der Waals surface area contributed by atoms with E-state index in [0.29, 0.717) is 23.3 Å². The normalized spacial score (nSPS) is 32.2. The molecule has 1 aromatic carbocycles. The molecular weight excluding hydrogens is 282 g/mol. The number of piperidine rings is 3. The van der Waals surface area contributed by atoms with Gasteiger partial charge in [0.25, 0.3) is 0 Å². The highest BCUT2D eigenvalue weighted by Crippen LogP contribution is 2.40. The highest BCUT2D eigenvalue weighted by atomic mass is 16.5. The maximum Gasteiger partial charge on any atom is 0.244 e. The lowest BCUT2D eigenvalue weighted by Gasteiger charge is -2.47. The molecular formula is C16H18N3O3-. The van der Waals surface area contributed by atoms with Gasteiger partial charge in [-0.2, -0.15) is 0 Å². The molecule has 2 bridgehead atoms. The first-order chi connectivity index (χ1) is 10.8. The fraction of sp³-hybridized carbons (Fsp3) is 0.500. The first-order valence-corrected chi connectivity index (χ1v) is 7.75. The highest BCUT2D eigenvalue weighted by molar-refractivity contribution is 5.99. The summed E-state index contributed by atoms with van der Waals surface area (Å²) in [4.78, 5) is 18.7. The molecule has 22 heavy (non-hydrogen) atoms. The molecule has 4 heterocycles. The van der Waals surface area contributed by atoms with E-state index < -0.39 is 5.91 Å². The molecule has 1 N–H and O–H groups in total. The summed E-state index contributed by atoms with van der Waals surface area (Å²) in [5.41, 5.74) is 2.29. The third-order valence-electron chi connectivity index (χ3n) is 5.07. The minimum atomic E-state index is -0.679. The largest absolute Gasteiger partial charge is 0.759 e. The number of para-hydroxylation sites is 1. The van der Waals surface area contributed by atoms with Crippen LogP contribution in [0.25, 0.3) is 0 Å². The van der Waals surface area contributed by atoms with Crippen LogP contribution in [0.2, 0.25) is 0 Å². The number of fused-ring (bicyclic) bond motifs is 4. The molecule has 4 aliphatic rings. The third-order valence-corrected chi connectivity index (χ3v) is 5.07. The Morgan fingerprint density at radius 2 is 2.18 bits per heavy atom. The molecule has 0 radical (unpaired) electrons. The fourth-order valence-electron chi connectivity index (χ4n) is 3.89. The van der Waals surface area contributed by atoms with Crippen LogP contribution in [0.5, 0.6) is 5.75 Å². The van der Waals surface area contributed by atoms with E-state index in [4.69, 9.17) is 4.74 Å². The molecule has 1 amide bonds. The van der Waals surface area contributed by atoms with Crippen LogP contribution in [0, 0.1) is 17.0 Å².